The maximum absolute atomic E-state index is 12.2. The highest BCUT2D eigenvalue weighted by molar-refractivity contribution is 9.11. The Morgan fingerprint density at radius 3 is 2.83 bits per heavy atom. The number of hydrogen-bond acceptors (Lipinski definition) is 4. The van der Waals surface area contributed by atoms with E-state index in [-0.39, 0.29) is 5.91 Å². The third-order valence-corrected chi connectivity index (χ3v) is 4.00. The molecular weight excluding hydrogens is 336 g/mol. The summed E-state index contributed by atoms with van der Waals surface area (Å²) in [4.78, 5) is 14.4. The predicted molar refractivity (Wildman–Crippen MR) is 81.2 cm³/mol. The first-order valence-corrected chi connectivity index (χ1v) is 7.43. The molecule has 0 spiro atoms. The van der Waals surface area contributed by atoms with Gasteiger partial charge in [0.2, 0.25) is 0 Å². The van der Waals surface area contributed by atoms with Gasteiger partial charge in [0.05, 0.1) is 20.9 Å². The van der Waals surface area contributed by atoms with Gasteiger partial charge in [0.15, 0.2) is 0 Å². The number of nitrogens with two attached hydrogens (primary N) is 1. The molecule has 0 radical (unpaired) electrons. The molecule has 18 heavy (non-hydrogen) atoms. The largest absolute Gasteiger partial charge is 0.393 e. The summed E-state index contributed by atoms with van der Waals surface area (Å²) in [6.45, 7) is 1.55. The molecular formula is C11H15BrN2O2S2. The molecule has 0 aliphatic carbocycles. The number of hydrogen-bond donors (Lipinski definition) is 1. The van der Waals surface area contributed by atoms with Gasteiger partial charge in [0.1, 0.15) is 0 Å². The Morgan fingerprint density at radius 2 is 2.33 bits per heavy atom. The Morgan fingerprint density at radius 1 is 1.61 bits per heavy atom. The van der Waals surface area contributed by atoms with Gasteiger partial charge in [-0.05, 0) is 22.0 Å². The molecule has 1 aromatic rings. The summed E-state index contributed by atoms with van der Waals surface area (Å²) in [5.41, 5.74) is 6.14. The molecule has 0 atom stereocenters. The molecule has 0 saturated carbocycles. The van der Waals surface area contributed by atoms with E-state index in [4.69, 9.17) is 22.7 Å². The second-order valence-electron chi connectivity index (χ2n) is 3.64. The van der Waals surface area contributed by atoms with E-state index in [0.717, 1.165) is 3.79 Å². The Kier molecular flexibility index (Phi) is 6.77. The lowest BCUT2D eigenvalue weighted by Gasteiger charge is -2.21. The van der Waals surface area contributed by atoms with Gasteiger partial charge < -0.3 is 15.4 Å². The fourth-order valence-electron chi connectivity index (χ4n) is 1.37. The topological polar surface area (TPSA) is 55.6 Å². The van der Waals surface area contributed by atoms with Crippen molar-refractivity contribution in [1.82, 2.24) is 4.90 Å². The summed E-state index contributed by atoms with van der Waals surface area (Å²) in [6, 6.07) is 1.81. The number of methoxy groups -OCH3 is 1. The van der Waals surface area contributed by atoms with Gasteiger partial charge in [-0.3, -0.25) is 4.79 Å². The van der Waals surface area contributed by atoms with Crippen LogP contribution in [0.5, 0.6) is 0 Å². The second-order valence-corrected chi connectivity index (χ2v) is 6.46. The zero-order valence-electron chi connectivity index (χ0n) is 10.0. The lowest BCUT2D eigenvalue weighted by atomic mass is 10.2. The lowest BCUT2D eigenvalue weighted by Crippen LogP contribution is -2.36. The standard InChI is InChI=1S/C11H15BrN2O2S2/c1-16-5-4-14(3-2-10(13)17)11(15)8-6-9(12)18-7-8/h6-7H,2-5H2,1H3,(H2,13,17). The van der Waals surface area contributed by atoms with Crippen LogP contribution in [0.25, 0.3) is 0 Å². The monoisotopic (exact) mass is 350 g/mol. The van der Waals surface area contributed by atoms with E-state index in [9.17, 15) is 4.79 Å². The van der Waals surface area contributed by atoms with Crippen LogP contribution in [0.3, 0.4) is 0 Å². The van der Waals surface area contributed by atoms with Gasteiger partial charge in [-0.15, -0.1) is 11.3 Å². The van der Waals surface area contributed by atoms with Crippen molar-refractivity contribution in [2.75, 3.05) is 26.8 Å². The molecule has 0 bridgehead atoms. The van der Waals surface area contributed by atoms with Crippen molar-refractivity contribution in [1.29, 1.82) is 0 Å². The number of thiophene rings is 1. The predicted octanol–water partition coefficient (Wildman–Crippen LogP) is 2.28. The van der Waals surface area contributed by atoms with Crippen LogP contribution in [0, 0.1) is 0 Å². The van der Waals surface area contributed by atoms with Crippen LogP contribution < -0.4 is 5.73 Å². The first-order valence-electron chi connectivity index (χ1n) is 5.35. The number of carbonyl (C=O) groups excluding carboxylic acids is 1. The maximum Gasteiger partial charge on any atom is 0.254 e. The van der Waals surface area contributed by atoms with E-state index in [0.29, 0.717) is 36.7 Å². The smallest absolute Gasteiger partial charge is 0.254 e. The summed E-state index contributed by atoms with van der Waals surface area (Å²) < 4.78 is 5.94. The van der Waals surface area contributed by atoms with Crippen LogP contribution in [0.2, 0.25) is 0 Å². The molecule has 0 saturated heterocycles. The first kappa shape index (κ1) is 15.6. The number of halogens is 1. The quantitative estimate of drug-likeness (QED) is 0.766. The summed E-state index contributed by atoms with van der Waals surface area (Å²) in [5.74, 6) is -0.0229. The maximum atomic E-state index is 12.2. The molecule has 1 amide bonds. The lowest BCUT2D eigenvalue weighted by molar-refractivity contribution is 0.0702. The van der Waals surface area contributed by atoms with E-state index in [1.54, 1.807) is 12.0 Å². The molecule has 2 N–H and O–H groups in total. The van der Waals surface area contributed by atoms with Crippen molar-refractivity contribution in [3.8, 4) is 0 Å². The minimum atomic E-state index is -0.0229. The van der Waals surface area contributed by atoms with Gasteiger partial charge in [0.25, 0.3) is 5.91 Å². The third-order valence-electron chi connectivity index (χ3n) is 2.30. The molecule has 0 fully saturated rings. The number of thiocarbonyl (C=S) groups is 1. The van der Waals surface area contributed by atoms with E-state index in [1.807, 2.05) is 11.4 Å². The van der Waals surface area contributed by atoms with Gasteiger partial charge in [-0.1, -0.05) is 12.2 Å². The fourth-order valence-corrected chi connectivity index (χ4v) is 2.59. The Bertz CT molecular complexity index is 423. The van der Waals surface area contributed by atoms with E-state index in [2.05, 4.69) is 15.9 Å². The highest BCUT2D eigenvalue weighted by atomic mass is 79.9. The minimum Gasteiger partial charge on any atom is -0.393 e. The molecule has 0 aliphatic rings. The number of amides is 1. The van der Waals surface area contributed by atoms with Crippen LogP contribution in [0.4, 0.5) is 0 Å². The highest BCUT2D eigenvalue weighted by Gasteiger charge is 2.16. The van der Waals surface area contributed by atoms with Crippen molar-refractivity contribution in [2.24, 2.45) is 5.73 Å². The average molecular weight is 351 g/mol. The highest BCUT2D eigenvalue weighted by Crippen LogP contribution is 2.21. The molecule has 7 heteroatoms. The number of carbonyl (C=O) groups is 1. The van der Waals surface area contributed by atoms with Crippen molar-refractivity contribution in [3.05, 3.63) is 20.8 Å². The Labute approximate surface area is 124 Å². The molecule has 100 valence electrons. The molecule has 0 aliphatic heterocycles. The zero-order valence-corrected chi connectivity index (χ0v) is 13.2. The van der Waals surface area contributed by atoms with Crippen LogP contribution >= 0.6 is 39.5 Å². The number of nitrogens with zero attached hydrogens (tertiary/aromatic N) is 1. The van der Waals surface area contributed by atoms with E-state index < -0.39 is 0 Å². The molecule has 4 nitrogen and oxygen atoms in total. The number of ether oxygens (including phenoxy) is 1. The second kappa shape index (κ2) is 7.83. The van der Waals surface area contributed by atoms with Crippen LogP contribution in [0.15, 0.2) is 15.2 Å². The van der Waals surface area contributed by atoms with Gasteiger partial charge >= 0.3 is 0 Å². The number of rotatable bonds is 7. The Balaban J connectivity index is 2.68. The van der Waals surface area contributed by atoms with Crippen LogP contribution in [-0.2, 0) is 4.74 Å². The van der Waals surface area contributed by atoms with E-state index >= 15 is 0 Å². The van der Waals surface area contributed by atoms with Gasteiger partial charge in [-0.25, -0.2) is 0 Å². The van der Waals surface area contributed by atoms with Crippen LogP contribution in [-0.4, -0.2) is 42.6 Å². The van der Waals surface area contributed by atoms with Crippen molar-refractivity contribution in [3.63, 3.8) is 0 Å². The van der Waals surface area contributed by atoms with Crippen molar-refractivity contribution >= 4 is 50.4 Å². The molecule has 1 rings (SSSR count). The van der Waals surface area contributed by atoms with Crippen LogP contribution in [0.1, 0.15) is 16.8 Å². The van der Waals surface area contributed by atoms with Gasteiger partial charge in [-0.2, -0.15) is 0 Å². The van der Waals surface area contributed by atoms with E-state index in [1.165, 1.54) is 11.3 Å². The summed E-state index contributed by atoms with van der Waals surface area (Å²) in [5, 5.41) is 1.83. The third kappa shape index (κ3) is 5.01. The van der Waals surface area contributed by atoms with Crippen molar-refractivity contribution < 1.29 is 9.53 Å². The normalized spacial score (nSPS) is 10.3. The fraction of sp³-hybridized carbons (Fsp3) is 0.455. The SMILES string of the molecule is COCCN(CCC(N)=S)C(=O)c1csc(Br)c1. The molecule has 0 unspecified atom stereocenters. The minimum absolute atomic E-state index is 0.0229. The zero-order chi connectivity index (χ0) is 13.5. The summed E-state index contributed by atoms with van der Waals surface area (Å²) >= 11 is 9.67. The summed E-state index contributed by atoms with van der Waals surface area (Å²) in [6.07, 6.45) is 0.524. The first-order chi connectivity index (χ1) is 8.54. The molecule has 1 heterocycles. The van der Waals surface area contributed by atoms with Crippen molar-refractivity contribution in [2.45, 2.75) is 6.42 Å². The average Bonchev–Trinajstić information content (AvgIpc) is 2.75. The van der Waals surface area contributed by atoms with Gasteiger partial charge in [0, 0.05) is 32.0 Å². The Hall–Kier alpha value is -0.500. The molecule has 0 aromatic carbocycles. The summed E-state index contributed by atoms with van der Waals surface area (Å²) in [7, 11) is 1.61. The molecule has 1 aromatic heterocycles.